The van der Waals surface area contributed by atoms with Crippen LogP contribution < -0.4 is 15.4 Å². The van der Waals surface area contributed by atoms with Crippen LogP contribution in [-0.2, 0) is 62.0 Å². The van der Waals surface area contributed by atoms with Gasteiger partial charge in [-0.1, -0.05) is 121 Å². The lowest BCUT2D eigenvalue weighted by molar-refractivity contribution is -0.258. The van der Waals surface area contributed by atoms with Crippen LogP contribution in [0.2, 0.25) is 5.02 Å². The van der Waals surface area contributed by atoms with Crippen LogP contribution in [0.4, 0.5) is 4.39 Å². The second-order valence-corrected chi connectivity index (χ2v) is 30.6. The number of aromatic nitrogens is 1. The summed E-state index contributed by atoms with van der Waals surface area (Å²) >= 11 is 6.41. The summed E-state index contributed by atoms with van der Waals surface area (Å²) in [7, 11) is 4.35. The second-order valence-electron chi connectivity index (χ2n) is 27.7. The Morgan fingerprint density at radius 1 is 0.815 bits per heavy atom. The molecule has 1 aromatic heterocycles. The third kappa shape index (κ3) is 18.3. The number of esters is 5. The summed E-state index contributed by atoms with van der Waals surface area (Å²) in [6.45, 7) is 9.90. The van der Waals surface area contributed by atoms with Gasteiger partial charge in [-0.2, -0.15) is 0 Å². The van der Waals surface area contributed by atoms with Crippen molar-refractivity contribution in [2.75, 3.05) is 32.6 Å². The van der Waals surface area contributed by atoms with Gasteiger partial charge in [-0.25, -0.2) is 23.8 Å². The molecule has 5 aromatic carbocycles. The Morgan fingerprint density at radius 2 is 1.48 bits per heavy atom. The van der Waals surface area contributed by atoms with Crippen LogP contribution >= 0.6 is 33.2 Å². The molecular weight excluding hydrogens is 1450 g/mol. The Hall–Kier alpha value is -9.31. The minimum absolute atomic E-state index is 0.000665. The van der Waals surface area contributed by atoms with E-state index in [4.69, 9.17) is 49.8 Å². The molecule has 572 valence electrons. The molecule has 3 fully saturated rings. The van der Waals surface area contributed by atoms with E-state index in [2.05, 4.69) is 15.6 Å². The van der Waals surface area contributed by atoms with Gasteiger partial charge in [0.05, 0.1) is 41.9 Å². The van der Waals surface area contributed by atoms with Gasteiger partial charge in [-0.3, -0.25) is 33.8 Å². The summed E-state index contributed by atoms with van der Waals surface area (Å²) in [5, 5.41) is 34.0. The van der Waals surface area contributed by atoms with E-state index in [0.717, 1.165) is 18.9 Å². The number of methoxy groups -OCH3 is 1. The molecular formula is C81H89ClFN5O18S2. The average molecular weight is 1540 g/mol. The summed E-state index contributed by atoms with van der Waals surface area (Å²) in [4.78, 5) is 144. The first-order valence-corrected chi connectivity index (χ1v) is 38.5. The third-order valence-electron chi connectivity index (χ3n) is 20.6. The minimum Gasteiger partial charge on any atom is -0.496 e. The van der Waals surface area contributed by atoms with Gasteiger partial charge >= 0.3 is 29.8 Å². The molecule has 4 N–H and O–H groups in total. The fourth-order valence-corrected chi connectivity index (χ4v) is 17.1. The Kier molecular flexibility index (Phi) is 27.3. The smallest absolute Gasteiger partial charge is 0.350 e. The van der Waals surface area contributed by atoms with Gasteiger partial charge in [0.2, 0.25) is 17.9 Å². The summed E-state index contributed by atoms with van der Waals surface area (Å²) in [5.41, 5.74) is -5.67. The zero-order valence-electron chi connectivity index (χ0n) is 61.2. The number of benzene rings is 5. The summed E-state index contributed by atoms with van der Waals surface area (Å²) in [6, 6.07) is 35.3. The van der Waals surface area contributed by atoms with Crippen molar-refractivity contribution in [2.45, 2.75) is 171 Å². The largest absolute Gasteiger partial charge is 0.496 e. The highest BCUT2D eigenvalue weighted by molar-refractivity contribution is 8.76. The zero-order valence-corrected chi connectivity index (χ0v) is 63.6. The SMILES string of the molecule is CCO[C@@H]1C[C@H](O)[C@@]2(C)C(=O)[C@H](OC(C)=O)C3=C(C)[C@@H](OC(=O)[C@H](OC(=O)C4CCCN4C(=O)[C@@H](CCCCNC(=O)CCSSc4ccccn4)N=C(c4ccc(Cl)cc4)c4cc(F)ccc4OC)[C@@H](NC(=O)c4ccccc4)c4ccccc4)C[C@](O)([C@@H](OC(=O)c4ccccc4)[C@@H]2[C@H]1OC(C)=O)C3(C)C. The molecule has 1 saturated heterocycles. The lowest BCUT2D eigenvalue weighted by Crippen LogP contribution is -2.74. The molecule has 10 rings (SSSR count). The number of nitrogens with one attached hydrogen (secondary N) is 2. The predicted octanol–water partition coefficient (Wildman–Crippen LogP) is 11.1. The van der Waals surface area contributed by atoms with Gasteiger partial charge in [0.15, 0.2) is 11.9 Å². The van der Waals surface area contributed by atoms with Crippen LogP contribution in [-0.4, -0.2) is 172 Å². The highest BCUT2D eigenvalue weighted by Crippen LogP contribution is 2.61. The molecule has 0 spiro atoms. The van der Waals surface area contributed by atoms with E-state index in [9.17, 15) is 34.2 Å². The van der Waals surface area contributed by atoms with Gasteiger partial charge in [0.1, 0.15) is 58.6 Å². The van der Waals surface area contributed by atoms with Crippen molar-refractivity contribution in [1.82, 2.24) is 20.5 Å². The summed E-state index contributed by atoms with van der Waals surface area (Å²) < 4.78 is 59.3. The number of fused-ring (bicyclic) bond motifs is 3. The van der Waals surface area contributed by atoms with Gasteiger partial charge in [0, 0.05) is 91.9 Å². The van der Waals surface area contributed by atoms with Gasteiger partial charge in [0.25, 0.3) is 5.91 Å². The zero-order chi connectivity index (χ0) is 77.6. The number of aliphatic hydroxyl groups is 2. The first-order valence-electron chi connectivity index (χ1n) is 35.9. The Balaban J connectivity index is 1.05. The highest BCUT2D eigenvalue weighted by atomic mass is 35.5. The molecule has 2 heterocycles. The minimum atomic E-state index is -2.61. The van der Waals surface area contributed by atoms with E-state index < -0.39 is 143 Å². The van der Waals surface area contributed by atoms with Crippen molar-refractivity contribution < 1.29 is 90.9 Å². The van der Waals surface area contributed by atoms with Crippen LogP contribution in [0.25, 0.3) is 0 Å². The van der Waals surface area contributed by atoms with E-state index >= 15 is 23.6 Å². The number of aliphatic imine (C=N–C) groups is 1. The second kappa shape index (κ2) is 36.3. The van der Waals surface area contributed by atoms with E-state index in [1.54, 1.807) is 104 Å². The third-order valence-corrected chi connectivity index (χ3v) is 23.1. The number of Topliss-reactive ketones (excluding diaryl/α,β-unsaturated/α-hetero) is 1. The number of nitrogens with zero attached hydrogens (tertiary/aromatic N) is 3. The van der Waals surface area contributed by atoms with E-state index in [-0.39, 0.29) is 103 Å². The molecule has 108 heavy (non-hydrogen) atoms. The quantitative estimate of drug-likeness (QED) is 0.00847. The molecule has 1 aliphatic heterocycles. The highest BCUT2D eigenvalue weighted by Gasteiger charge is 2.73. The predicted molar refractivity (Wildman–Crippen MR) is 401 cm³/mol. The molecule has 2 bridgehead atoms. The van der Waals surface area contributed by atoms with Crippen LogP contribution in [0.3, 0.4) is 0 Å². The molecule has 3 aliphatic carbocycles. The first kappa shape index (κ1) is 81.2. The maximum atomic E-state index is 16.2. The van der Waals surface area contributed by atoms with Gasteiger partial charge < -0.3 is 58.9 Å². The van der Waals surface area contributed by atoms with Crippen molar-refractivity contribution in [3.05, 3.63) is 208 Å². The lowest BCUT2D eigenvalue weighted by Gasteiger charge is -2.62. The maximum Gasteiger partial charge on any atom is 0.350 e. The average Bonchev–Trinajstić information content (AvgIpc) is 0.714. The number of aliphatic hydroxyl groups excluding tert-OH is 1. The fraction of sp³-hybridized carbons (Fsp3) is 0.420. The number of rotatable bonds is 29. The van der Waals surface area contributed by atoms with Gasteiger partial charge in [-0.05, 0) is 147 Å². The van der Waals surface area contributed by atoms with Crippen molar-refractivity contribution in [3.8, 4) is 5.75 Å². The molecule has 3 amide bonds. The number of likely N-dealkylation sites (tertiary alicyclic amines) is 1. The molecule has 2 saturated carbocycles. The monoisotopic (exact) mass is 1540 g/mol. The molecule has 27 heteroatoms. The Morgan fingerprint density at radius 3 is 2.13 bits per heavy atom. The van der Waals surface area contributed by atoms with Crippen LogP contribution in [0.15, 0.2) is 179 Å². The molecule has 6 aromatic rings. The number of carbonyl (C=O) groups is 9. The van der Waals surface area contributed by atoms with Crippen molar-refractivity contribution >= 4 is 92.3 Å². The Bertz CT molecular complexity index is 4300. The normalized spacial score (nSPS) is 23.9. The summed E-state index contributed by atoms with van der Waals surface area (Å²) in [5.74, 6) is -9.53. The number of hydrogen-bond acceptors (Lipinski definition) is 22. The van der Waals surface area contributed by atoms with E-state index in [1.165, 1.54) is 104 Å². The van der Waals surface area contributed by atoms with Crippen molar-refractivity contribution in [1.29, 1.82) is 0 Å². The number of halogens is 2. The number of ether oxygens (including phenoxy) is 7. The number of carbonyl (C=O) groups excluding carboxylic acids is 9. The number of unbranched alkanes of at least 4 members (excludes halogenated alkanes) is 1. The first-order chi connectivity index (χ1) is 51.7. The van der Waals surface area contributed by atoms with Gasteiger partial charge in [-0.15, -0.1) is 0 Å². The van der Waals surface area contributed by atoms with Crippen LogP contribution in [0.5, 0.6) is 5.75 Å². The standard InChI is InChI=1S/C81H89ClFN5O18S2/c1-9-101-60-45-62(91)80(7)66(69(60)102-48(3)89)73(106-76(96)53-28-17-12-18-29-53)81(99)46-61(47(2)65(79(81,5)6)70(72(80)93)103-49(4)90)104-78(98)71(68(50-24-13-10-14-25-50)87-74(94)52-26-15-11-16-27-52)105-77(97)58-31-23-42-88(58)75(95)57(30-19-21-40-84-63(92)39-43-107-108-64-32-20-22-41-85-64)86-67(51-33-35-54(82)36-34-51)56-44-55(83)37-38-59(56)100-8/h10-18,20,22,24-29,32-38,41,44,57-58,60-62,66,68-71,73,91,99H,9,19,21,23,30-31,39-40,42-43,45-46H2,1-8H3,(H,84,92)(H,87,94)/t57-,58?,60-,61+,62+,66+,68+,69+,70-,71-,73+,80-,81+/m1/s1. The lowest BCUT2D eigenvalue weighted by atomic mass is 9.47. The number of amides is 3. The Labute approximate surface area is 639 Å². The number of hydrogen-bond donors (Lipinski definition) is 4. The molecule has 23 nitrogen and oxygen atoms in total. The van der Waals surface area contributed by atoms with Crippen LogP contribution in [0.1, 0.15) is 143 Å². The van der Waals surface area contributed by atoms with Crippen molar-refractivity contribution in [3.63, 3.8) is 0 Å². The maximum absolute atomic E-state index is 16.2. The number of ketones is 1. The number of pyridine rings is 1. The topological polar surface area (TPSA) is 311 Å². The summed E-state index contributed by atoms with van der Waals surface area (Å²) in [6.07, 6.45) is -10.6. The molecule has 1 unspecified atom stereocenters. The van der Waals surface area contributed by atoms with E-state index in [0.29, 0.717) is 29.2 Å². The van der Waals surface area contributed by atoms with E-state index in [1.807, 2.05) is 18.2 Å². The molecule has 4 aliphatic rings. The van der Waals surface area contributed by atoms with Crippen molar-refractivity contribution in [2.24, 2.45) is 21.7 Å². The molecule has 13 atom stereocenters. The molecule has 0 radical (unpaired) electrons. The fourth-order valence-electron chi connectivity index (χ4n) is 15.1. The van der Waals surface area contributed by atoms with Crippen LogP contribution in [0, 0.1) is 22.6 Å².